The van der Waals surface area contributed by atoms with Gasteiger partial charge in [-0.1, -0.05) is 114 Å². The molecular formula is C24H54. The molecule has 0 heteroatoms. The molecule has 0 aromatic heterocycles. The van der Waals surface area contributed by atoms with E-state index in [9.17, 15) is 0 Å². The van der Waals surface area contributed by atoms with E-state index in [0.29, 0.717) is 5.92 Å². The molecule has 0 spiro atoms. The Morgan fingerprint density at radius 1 is 1.00 bits per heavy atom. The van der Waals surface area contributed by atoms with Crippen LogP contribution in [0.5, 0.6) is 0 Å². The molecule has 4 unspecified atom stereocenters. The molecule has 4 atom stereocenters. The molecule has 0 aliphatic heterocycles. The average Bonchev–Trinajstić information content (AvgIpc) is 2.53. The van der Waals surface area contributed by atoms with Gasteiger partial charge >= 0.3 is 0 Å². The van der Waals surface area contributed by atoms with Gasteiger partial charge in [-0.2, -0.15) is 0 Å². The predicted molar refractivity (Wildman–Crippen MR) is 119 cm³/mol. The smallest absolute Gasteiger partial charge is 0.0234 e. The van der Waals surface area contributed by atoms with E-state index < -0.39 is 0 Å². The van der Waals surface area contributed by atoms with Gasteiger partial charge in [0, 0.05) is 0 Å². The van der Waals surface area contributed by atoms with Crippen LogP contribution in [-0.4, -0.2) is 0 Å². The van der Waals surface area contributed by atoms with Crippen LogP contribution in [0.2, 0.25) is 0 Å². The summed E-state index contributed by atoms with van der Waals surface area (Å²) in [6.45, 7) is 25.9. The van der Waals surface area contributed by atoms with E-state index in [-0.39, 0.29) is 7.43 Å². The summed E-state index contributed by atoms with van der Waals surface area (Å²) in [5, 5.41) is 0. The fourth-order valence-corrected chi connectivity index (χ4v) is 2.87. The topological polar surface area (TPSA) is 0 Å². The Morgan fingerprint density at radius 3 is 1.75 bits per heavy atom. The normalized spacial score (nSPS) is 22.8. The summed E-state index contributed by atoms with van der Waals surface area (Å²) in [5.74, 6) is 3.61. The Kier molecular flexibility index (Phi) is 29.9. The molecule has 0 bridgehead atoms. The van der Waals surface area contributed by atoms with Crippen molar-refractivity contribution in [3.8, 4) is 0 Å². The van der Waals surface area contributed by atoms with Gasteiger partial charge in [-0.05, 0) is 43.4 Å². The molecule has 1 saturated carbocycles. The second-order valence-electron chi connectivity index (χ2n) is 7.22. The first-order valence-corrected chi connectivity index (χ1v) is 10.5. The first-order valence-electron chi connectivity index (χ1n) is 10.5. The molecule has 24 heavy (non-hydrogen) atoms. The molecule has 0 aromatic carbocycles. The van der Waals surface area contributed by atoms with Crippen LogP contribution in [0.4, 0.5) is 0 Å². The maximum Gasteiger partial charge on any atom is -0.0234 e. The van der Waals surface area contributed by atoms with E-state index in [1.807, 2.05) is 13.8 Å². The minimum Gasteiger partial charge on any atom is -0.0999 e. The minimum absolute atomic E-state index is 0. The number of hydrogen-bond donors (Lipinski definition) is 0. The van der Waals surface area contributed by atoms with Crippen molar-refractivity contribution in [2.75, 3.05) is 0 Å². The van der Waals surface area contributed by atoms with Crippen molar-refractivity contribution >= 4 is 0 Å². The standard InChI is InChI=1S/C15H28.2C3H8.C2H6.CH4/c1-6-14-8-7-12(4)15(10-14)9-13(5)11(2)3;2*1-3-2;1-2;/h12-15H,2,6-10H2,1,3-5H3;2*3H2,1-2H3;1-2H3;1H4. The second kappa shape index (κ2) is 22.7. The minimum atomic E-state index is 0. The maximum absolute atomic E-state index is 4.08. The zero-order valence-electron chi connectivity index (χ0n) is 18.5. The van der Waals surface area contributed by atoms with Crippen LogP contribution in [-0.2, 0) is 0 Å². The molecule has 0 heterocycles. The summed E-state index contributed by atoms with van der Waals surface area (Å²) >= 11 is 0. The lowest BCUT2D eigenvalue weighted by atomic mass is 9.70. The molecule has 1 fully saturated rings. The second-order valence-corrected chi connectivity index (χ2v) is 7.22. The van der Waals surface area contributed by atoms with Crippen molar-refractivity contribution in [3.63, 3.8) is 0 Å². The van der Waals surface area contributed by atoms with Crippen LogP contribution in [0.25, 0.3) is 0 Å². The number of hydrogen-bond acceptors (Lipinski definition) is 0. The highest BCUT2D eigenvalue weighted by molar-refractivity contribution is 4.95. The first kappa shape index (κ1) is 31.5. The highest BCUT2D eigenvalue weighted by atomic mass is 14.3. The Morgan fingerprint density at radius 2 is 1.42 bits per heavy atom. The van der Waals surface area contributed by atoms with Gasteiger partial charge in [0.15, 0.2) is 0 Å². The Bertz CT molecular complexity index is 226. The van der Waals surface area contributed by atoms with E-state index >= 15 is 0 Å². The van der Waals surface area contributed by atoms with Gasteiger partial charge in [-0.15, -0.1) is 0 Å². The Hall–Kier alpha value is -0.260. The van der Waals surface area contributed by atoms with Crippen molar-refractivity contribution in [2.24, 2.45) is 23.7 Å². The van der Waals surface area contributed by atoms with Gasteiger partial charge in [0.1, 0.15) is 0 Å². The third-order valence-electron chi connectivity index (χ3n) is 4.55. The van der Waals surface area contributed by atoms with Crippen LogP contribution in [0.1, 0.15) is 122 Å². The van der Waals surface area contributed by atoms with E-state index in [4.69, 9.17) is 0 Å². The average molecular weight is 343 g/mol. The molecule has 150 valence electrons. The molecule has 0 amide bonds. The monoisotopic (exact) mass is 342 g/mol. The molecule has 0 radical (unpaired) electrons. The van der Waals surface area contributed by atoms with Gasteiger partial charge < -0.3 is 0 Å². The van der Waals surface area contributed by atoms with Crippen molar-refractivity contribution in [1.29, 1.82) is 0 Å². The number of rotatable bonds is 4. The van der Waals surface area contributed by atoms with E-state index in [0.717, 1.165) is 17.8 Å². The maximum atomic E-state index is 4.08. The first-order chi connectivity index (χ1) is 10.9. The lowest BCUT2D eigenvalue weighted by Gasteiger charge is -2.35. The SMILES string of the molecule is C.C=C(C)C(C)CC1CC(CC)CCC1C.CC.CCC.CCC. The van der Waals surface area contributed by atoms with E-state index in [1.54, 1.807) is 0 Å². The van der Waals surface area contributed by atoms with Crippen molar-refractivity contribution in [3.05, 3.63) is 12.2 Å². The fourth-order valence-electron chi connectivity index (χ4n) is 2.87. The van der Waals surface area contributed by atoms with Crippen molar-refractivity contribution in [1.82, 2.24) is 0 Å². The van der Waals surface area contributed by atoms with Crippen LogP contribution in [0.15, 0.2) is 12.2 Å². The van der Waals surface area contributed by atoms with Gasteiger partial charge in [0.2, 0.25) is 0 Å². The van der Waals surface area contributed by atoms with Crippen molar-refractivity contribution in [2.45, 2.75) is 122 Å². The van der Waals surface area contributed by atoms with Crippen LogP contribution in [0.3, 0.4) is 0 Å². The Balaban J connectivity index is -0.000000190. The largest absolute Gasteiger partial charge is 0.0999 e. The summed E-state index contributed by atoms with van der Waals surface area (Å²) in [5.41, 5.74) is 1.36. The molecule has 0 aromatic rings. The molecule has 0 saturated heterocycles. The zero-order valence-corrected chi connectivity index (χ0v) is 18.5. The quantitative estimate of drug-likeness (QED) is 0.446. The van der Waals surface area contributed by atoms with Gasteiger partial charge in [0.05, 0.1) is 0 Å². The van der Waals surface area contributed by atoms with Gasteiger partial charge in [0.25, 0.3) is 0 Å². The molecular weight excluding hydrogens is 288 g/mol. The summed E-state index contributed by atoms with van der Waals surface area (Å²) in [6, 6.07) is 0. The highest BCUT2D eigenvalue weighted by Gasteiger charge is 2.27. The van der Waals surface area contributed by atoms with E-state index in [2.05, 4.69) is 62.0 Å². The Labute approximate surface area is 157 Å². The molecule has 0 N–H and O–H groups in total. The molecule has 1 aliphatic carbocycles. The van der Waals surface area contributed by atoms with Crippen LogP contribution in [0, 0.1) is 23.7 Å². The van der Waals surface area contributed by atoms with Gasteiger partial charge in [-0.3, -0.25) is 0 Å². The predicted octanol–water partition coefficient (Wildman–Crippen LogP) is 9.55. The lowest BCUT2D eigenvalue weighted by Crippen LogP contribution is -2.24. The van der Waals surface area contributed by atoms with Gasteiger partial charge in [-0.25, -0.2) is 0 Å². The third-order valence-corrected chi connectivity index (χ3v) is 4.55. The van der Waals surface area contributed by atoms with Crippen LogP contribution >= 0.6 is 0 Å². The summed E-state index contributed by atoms with van der Waals surface area (Å²) in [4.78, 5) is 0. The molecule has 1 rings (SSSR count). The summed E-state index contributed by atoms with van der Waals surface area (Å²) < 4.78 is 0. The zero-order chi connectivity index (χ0) is 18.8. The summed E-state index contributed by atoms with van der Waals surface area (Å²) in [6.07, 6.45) is 9.63. The highest BCUT2D eigenvalue weighted by Crippen LogP contribution is 2.39. The van der Waals surface area contributed by atoms with Crippen LogP contribution < -0.4 is 0 Å². The molecule has 0 nitrogen and oxygen atoms in total. The fraction of sp³-hybridized carbons (Fsp3) is 0.917. The summed E-state index contributed by atoms with van der Waals surface area (Å²) in [7, 11) is 0. The molecule has 1 aliphatic rings. The number of allylic oxidation sites excluding steroid dienone is 1. The lowest BCUT2D eigenvalue weighted by molar-refractivity contribution is 0.168. The third kappa shape index (κ3) is 18.1. The van der Waals surface area contributed by atoms with E-state index in [1.165, 1.54) is 50.5 Å². The van der Waals surface area contributed by atoms with Crippen molar-refractivity contribution < 1.29 is 0 Å².